The number of nitrogens with zero attached hydrogens (tertiary/aromatic N) is 1. The van der Waals surface area contributed by atoms with Gasteiger partial charge in [-0.05, 0) is 36.8 Å². The van der Waals surface area contributed by atoms with Gasteiger partial charge in [0, 0.05) is 17.1 Å². The molecular weight excluding hydrogens is 311 g/mol. The van der Waals surface area contributed by atoms with Gasteiger partial charge < -0.3 is 10.4 Å². The highest BCUT2D eigenvalue weighted by molar-refractivity contribution is 5.92. The summed E-state index contributed by atoms with van der Waals surface area (Å²) in [5.41, 5.74) is 0.761. The van der Waals surface area contributed by atoms with E-state index in [9.17, 15) is 19.1 Å². The second-order valence-corrected chi connectivity index (χ2v) is 5.48. The molecule has 0 radical (unpaired) electrons. The molecule has 2 N–H and O–H groups in total. The number of fused-ring (bicyclic) bond motifs is 1. The third-order valence-electron chi connectivity index (χ3n) is 3.75. The number of aromatic nitrogens is 1. The molecule has 0 aliphatic heterocycles. The second-order valence-electron chi connectivity index (χ2n) is 5.48. The van der Waals surface area contributed by atoms with Crippen molar-refractivity contribution >= 4 is 22.5 Å². The smallest absolute Gasteiger partial charge is 0.255 e. The number of carbonyl (C=O) groups excluding carboxylic acids is 1. The highest BCUT2D eigenvalue weighted by Crippen LogP contribution is 2.22. The van der Waals surface area contributed by atoms with Crippen molar-refractivity contribution in [1.29, 1.82) is 0 Å². The lowest BCUT2D eigenvalue weighted by Crippen LogP contribution is -2.27. The Kier molecular flexibility index (Phi) is 4.04. The minimum atomic E-state index is -0.489. The van der Waals surface area contributed by atoms with Gasteiger partial charge >= 0.3 is 0 Å². The molecule has 24 heavy (non-hydrogen) atoms. The van der Waals surface area contributed by atoms with Gasteiger partial charge in [-0.15, -0.1) is 0 Å². The molecule has 0 aliphatic rings. The molecule has 1 heterocycles. The van der Waals surface area contributed by atoms with E-state index >= 15 is 0 Å². The Morgan fingerprint density at radius 1 is 1.21 bits per heavy atom. The van der Waals surface area contributed by atoms with Crippen LogP contribution in [0.2, 0.25) is 0 Å². The molecule has 5 nitrogen and oxygen atoms in total. The lowest BCUT2D eigenvalue weighted by molar-refractivity contribution is -0.116. The van der Waals surface area contributed by atoms with E-state index in [1.54, 1.807) is 43.3 Å². The molecule has 3 aromatic rings. The molecule has 0 unspecified atom stereocenters. The molecule has 0 bridgehead atoms. The fraction of sp³-hybridized carbons (Fsp3) is 0.111. The molecule has 2 aromatic carbocycles. The lowest BCUT2D eigenvalue weighted by Gasteiger charge is -2.12. The van der Waals surface area contributed by atoms with E-state index in [0.717, 1.165) is 6.07 Å². The maximum absolute atomic E-state index is 13.5. The van der Waals surface area contributed by atoms with Crippen molar-refractivity contribution in [3.63, 3.8) is 0 Å². The summed E-state index contributed by atoms with van der Waals surface area (Å²) in [4.78, 5) is 24.3. The summed E-state index contributed by atoms with van der Waals surface area (Å²) in [5, 5.41) is 12.9. The molecule has 0 saturated carbocycles. The third kappa shape index (κ3) is 2.99. The number of carbonyl (C=O) groups is 1. The van der Waals surface area contributed by atoms with Crippen molar-refractivity contribution in [2.45, 2.75) is 13.5 Å². The van der Waals surface area contributed by atoms with Crippen LogP contribution in [0.4, 0.5) is 10.1 Å². The zero-order valence-corrected chi connectivity index (χ0v) is 12.9. The normalized spacial score (nSPS) is 10.8. The first-order valence-electron chi connectivity index (χ1n) is 7.33. The Hall–Kier alpha value is -3.15. The number of rotatable bonds is 3. The van der Waals surface area contributed by atoms with E-state index in [0.29, 0.717) is 22.2 Å². The minimum absolute atomic E-state index is 0.132. The van der Waals surface area contributed by atoms with Crippen LogP contribution in [0.1, 0.15) is 5.56 Å². The SMILES string of the molecule is Cc1ccc(NC(=O)Cn2c(=O)cc(O)c3ccccc32)cc1F. The Bertz CT molecular complexity index is 995. The summed E-state index contributed by atoms with van der Waals surface area (Å²) in [6.45, 7) is 1.39. The number of aryl methyl sites for hydroxylation is 1. The molecule has 0 spiro atoms. The first-order valence-corrected chi connectivity index (χ1v) is 7.33. The molecule has 1 amide bonds. The van der Waals surface area contributed by atoms with Crippen LogP contribution < -0.4 is 10.9 Å². The van der Waals surface area contributed by atoms with Crippen LogP contribution in [0, 0.1) is 12.7 Å². The van der Waals surface area contributed by atoms with Gasteiger partial charge in [0.05, 0.1) is 5.52 Å². The van der Waals surface area contributed by atoms with Crippen molar-refractivity contribution in [2.24, 2.45) is 0 Å². The fourth-order valence-corrected chi connectivity index (χ4v) is 2.49. The molecule has 0 aliphatic carbocycles. The van der Waals surface area contributed by atoms with Crippen LogP contribution in [0.15, 0.2) is 53.3 Å². The molecule has 0 saturated heterocycles. The second kappa shape index (κ2) is 6.16. The van der Waals surface area contributed by atoms with Crippen molar-refractivity contribution in [1.82, 2.24) is 4.57 Å². The Balaban J connectivity index is 1.91. The van der Waals surface area contributed by atoms with Gasteiger partial charge in [0.15, 0.2) is 0 Å². The zero-order chi connectivity index (χ0) is 17.3. The van der Waals surface area contributed by atoms with Crippen LogP contribution in [0.5, 0.6) is 5.75 Å². The monoisotopic (exact) mass is 326 g/mol. The lowest BCUT2D eigenvalue weighted by atomic mass is 10.2. The number of hydrogen-bond acceptors (Lipinski definition) is 3. The zero-order valence-electron chi connectivity index (χ0n) is 12.9. The number of aromatic hydroxyl groups is 1. The quantitative estimate of drug-likeness (QED) is 0.777. The average molecular weight is 326 g/mol. The Labute approximate surface area is 137 Å². The number of anilines is 1. The third-order valence-corrected chi connectivity index (χ3v) is 3.75. The van der Waals surface area contributed by atoms with E-state index in [-0.39, 0.29) is 12.3 Å². The van der Waals surface area contributed by atoms with Gasteiger partial charge in [-0.25, -0.2) is 4.39 Å². The highest BCUT2D eigenvalue weighted by Gasteiger charge is 2.11. The first kappa shape index (κ1) is 15.7. The standard InChI is InChI=1S/C18H15FN2O3/c1-11-6-7-12(8-14(11)19)20-17(23)10-21-15-5-3-2-4-13(15)16(22)9-18(21)24/h2-9,22H,10H2,1H3,(H,20,23). The largest absolute Gasteiger partial charge is 0.507 e. The molecular formula is C18H15FN2O3. The minimum Gasteiger partial charge on any atom is -0.507 e. The molecule has 3 rings (SSSR count). The summed E-state index contributed by atoms with van der Waals surface area (Å²) in [7, 11) is 0. The van der Waals surface area contributed by atoms with E-state index in [2.05, 4.69) is 5.32 Å². The van der Waals surface area contributed by atoms with Crippen molar-refractivity contribution < 1.29 is 14.3 Å². The summed E-state index contributed by atoms with van der Waals surface area (Å²) in [5.74, 6) is -1.01. The van der Waals surface area contributed by atoms with E-state index < -0.39 is 17.3 Å². The van der Waals surface area contributed by atoms with Crippen LogP contribution in [-0.4, -0.2) is 15.6 Å². The maximum Gasteiger partial charge on any atom is 0.255 e. The van der Waals surface area contributed by atoms with E-state index in [1.807, 2.05) is 0 Å². The number of pyridine rings is 1. The van der Waals surface area contributed by atoms with E-state index in [1.165, 1.54) is 10.6 Å². The number of amides is 1. The van der Waals surface area contributed by atoms with Gasteiger partial charge in [0.2, 0.25) is 5.91 Å². The van der Waals surface area contributed by atoms with Crippen molar-refractivity contribution in [2.75, 3.05) is 5.32 Å². The van der Waals surface area contributed by atoms with Crippen LogP contribution in [0.25, 0.3) is 10.9 Å². The highest BCUT2D eigenvalue weighted by atomic mass is 19.1. The van der Waals surface area contributed by atoms with Crippen LogP contribution >= 0.6 is 0 Å². The Morgan fingerprint density at radius 2 is 1.96 bits per heavy atom. The molecule has 1 aromatic heterocycles. The predicted octanol–water partition coefficient (Wildman–Crippen LogP) is 2.79. The van der Waals surface area contributed by atoms with Gasteiger partial charge in [-0.3, -0.25) is 14.2 Å². The average Bonchev–Trinajstić information content (AvgIpc) is 2.55. The van der Waals surface area contributed by atoms with Crippen LogP contribution in [-0.2, 0) is 11.3 Å². The molecule has 6 heteroatoms. The summed E-state index contributed by atoms with van der Waals surface area (Å²) in [6.07, 6.45) is 0. The number of benzene rings is 2. The van der Waals surface area contributed by atoms with Crippen LogP contribution in [0.3, 0.4) is 0 Å². The predicted molar refractivity (Wildman–Crippen MR) is 89.6 cm³/mol. The number of nitrogens with one attached hydrogen (secondary N) is 1. The fourth-order valence-electron chi connectivity index (χ4n) is 2.49. The first-order chi connectivity index (χ1) is 11.5. The van der Waals surface area contributed by atoms with Gasteiger partial charge in [0.25, 0.3) is 5.56 Å². The van der Waals surface area contributed by atoms with E-state index in [4.69, 9.17) is 0 Å². The van der Waals surface area contributed by atoms with Gasteiger partial charge in [-0.2, -0.15) is 0 Å². The number of para-hydroxylation sites is 1. The van der Waals surface area contributed by atoms with Gasteiger partial charge in [-0.1, -0.05) is 18.2 Å². The van der Waals surface area contributed by atoms with Gasteiger partial charge in [0.1, 0.15) is 18.1 Å². The number of hydrogen-bond donors (Lipinski definition) is 2. The molecule has 0 fully saturated rings. The Morgan fingerprint density at radius 3 is 2.71 bits per heavy atom. The topological polar surface area (TPSA) is 71.3 Å². The summed E-state index contributed by atoms with van der Waals surface area (Å²) < 4.78 is 14.8. The van der Waals surface area contributed by atoms with Crippen molar-refractivity contribution in [3.8, 4) is 5.75 Å². The molecule has 122 valence electrons. The summed E-state index contributed by atoms with van der Waals surface area (Å²) in [6, 6.07) is 12.2. The number of halogens is 1. The summed E-state index contributed by atoms with van der Waals surface area (Å²) >= 11 is 0. The van der Waals surface area contributed by atoms with Crippen molar-refractivity contribution in [3.05, 3.63) is 70.3 Å². The maximum atomic E-state index is 13.5. The molecule has 0 atom stereocenters.